The van der Waals surface area contributed by atoms with Gasteiger partial charge in [0.1, 0.15) is 5.60 Å². The Morgan fingerprint density at radius 3 is 2.08 bits per heavy atom. The lowest BCUT2D eigenvalue weighted by molar-refractivity contribution is -0.167. The largest absolute Gasteiger partial charge is 0.481 e. The molecule has 0 radical (unpaired) electrons. The average Bonchev–Trinajstić information content (AvgIpc) is 2.34. The minimum Gasteiger partial charge on any atom is -0.481 e. The standard InChI is InChI=1S/C15H22N2O6S/c1-15(2,3)23-14(20)11(13(18)19)12(16)9-5-7-10(8-6-9)17-24(4,21)22/h5-8,11-12,17H,16H2,1-4H3,(H,18,19). The molecule has 0 fully saturated rings. The predicted octanol–water partition coefficient (Wildman–Crippen LogP) is 1.10. The molecule has 9 heteroatoms. The first-order chi connectivity index (χ1) is 10.8. The zero-order chi connectivity index (χ0) is 18.7. The third kappa shape index (κ3) is 6.17. The quantitative estimate of drug-likeness (QED) is 0.511. The number of sulfonamides is 1. The Bertz CT molecular complexity index is 706. The number of carboxylic acid groups (broad SMARTS) is 1. The zero-order valence-corrected chi connectivity index (χ0v) is 14.8. The van der Waals surface area contributed by atoms with E-state index < -0.39 is 39.5 Å². The second-order valence-electron chi connectivity index (χ2n) is 6.37. The first-order valence-corrected chi connectivity index (χ1v) is 8.98. The minimum atomic E-state index is -3.42. The van der Waals surface area contributed by atoms with E-state index >= 15 is 0 Å². The molecule has 4 N–H and O–H groups in total. The Morgan fingerprint density at radius 1 is 1.21 bits per heavy atom. The highest BCUT2D eigenvalue weighted by Crippen LogP contribution is 2.25. The van der Waals surface area contributed by atoms with Crippen LogP contribution in [-0.4, -0.2) is 37.3 Å². The number of benzene rings is 1. The van der Waals surface area contributed by atoms with Gasteiger partial charge < -0.3 is 15.6 Å². The van der Waals surface area contributed by atoms with Crippen LogP contribution < -0.4 is 10.5 Å². The van der Waals surface area contributed by atoms with Gasteiger partial charge in [0.2, 0.25) is 10.0 Å². The van der Waals surface area contributed by atoms with E-state index in [1.807, 2.05) is 0 Å². The van der Waals surface area contributed by atoms with Gasteiger partial charge in [0.25, 0.3) is 0 Å². The highest BCUT2D eigenvalue weighted by Gasteiger charge is 2.37. The molecule has 0 spiro atoms. The Morgan fingerprint density at radius 2 is 1.71 bits per heavy atom. The second-order valence-corrected chi connectivity index (χ2v) is 8.12. The molecule has 0 saturated heterocycles. The Kier molecular flexibility index (Phi) is 5.96. The number of hydrogen-bond acceptors (Lipinski definition) is 6. The van der Waals surface area contributed by atoms with E-state index in [-0.39, 0.29) is 0 Å². The maximum absolute atomic E-state index is 12.1. The number of aliphatic carboxylic acids is 1. The number of ether oxygens (including phenoxy) is 1. The van der Waals surface area contributed by atoms with Crippen LogP contribution in [-0.2, 0) is 24.3 Å². The van der Waals surface area contributed by atoms with Crippen molar-refractivity contribution in [3.63, 3.8) is 0 Å². The number of anilines is 1. The van der Waals surface area contributed by atoms with Crippen molar-refractivity contribution >= 4 is 27.6 Å². The van der Waals surface area contributed by atoms with Gasteiger partial charge in [0.15, 0.2) is 5.92 Å². The van der Waals surface area contributed by atoms with Crippen LogP contribution in [0, 0.1) is 5.92 Å². The molecule has 0 aromatic heterocycles. The molecular weight excluding hydrogens is 336 g/mol. The fourth-order valence-electron chi connectivity index (χ4n) is 1.95. The molecular formula is C15H22N2O6S. The van der Waals surface area contributed by atoms with Crippen molar-refractivity contribution in [2.75, 3.05) is 11.0 Å². The normalized spacial score (nSPS) is 14.5. The summed E-state index contributed by atoms with van der Waals surface area (Å²) in [6.45, 7) is 4.88. The summed E-state index contributed by atoms with van der Waals surface area (Å²) < 4.78 is 29.7. The van der Waals surface area contributed by atoms with Crippen molar-refractivity contribution in [2.45, 2.75) is 32.4 Å². The first-order valence-electron chi connectivity index (χ1n) is 7.09. The number of carboxylic acids is 1. The van der Waals surface area contributed by atoms with Crippen LogP contribution in [0.4, 0.5) is 5.69 Å². The van der Waals surface area contributed by atoms with Gasteiger partial charge in [-0.2, -0.15) is 0 Å². The monoisotopic (exact) mass is 358 g/mol. The van der Waals surface area contributed by atoms with Crippen LogP contribution in [0.5, 0.6) is 0 Å². The van der Waals surface area contributed by atoms with E-state index in [2.05, 4.69) is 4.72 Å². The summed E-state index contributed by atoms with van der Waals surface area (Å²) in [5.41, 5.74) is 5.75. The van der Waals surface area contributed by atoms with Gasteiger partial charge in [-0.1, -0.05) is 12.1 Å². The zero-order valence-electron chi connectivity index (χ0n) is 13.9. The van der Waals surface area contributed by atoms with Crippen molar-refractivity contribution in [2.24, 2.45) is 11.7 Å². The third-order valence-corrected chi connectivity index (χ3v) is 3.49. The molecule has 0 heterocycles. The van der Waals surface area contributed by atoms with E-state index in [4.69, 9.17) is 10.5 Å². The summed E-state index contributed by atoms with van der Waals surface area (Å²) in [5.74, 6) is -3.89. The predicted molar refractivity (Wildman–Crippen MR) is 88.8 cm³/mol. The van der Waals surface area contributed by atoms with E-state index in [9.17, 15) is 23.1 Å². The number of esters is 1. The van der Waals surface area contributed by atoms with E-state index in [1.165, 1.54) is 24.3 Å². The fourth-order valence-corrected chi connectivity index (χ4v) is 2.51. The highest BCUT2D eigenvalue weighted by atomic mass is 32.2. The van der Waals surface area contributed by atoms with Crippen molar-refractivity contribution in [3.8, 4) is 0 Å². The summed E-state index contributed by atoms with van der Waals surface area (Å²) in [5, 5.41) is 9.31. The second kappa shape index (κ2) is 7.18. The van der Waals surface area contributed by atoms with Crippen molar-refractivity contribution in [1.82, 2.24) is 0 Å². The average molecular weight is 358 g/mol. The van der Waals surface area contributed by atoms with E-state index in [1.54, 1.807) is 20.8 Å². The fraction of sp³-hybridized carbons (Fsp3) is 0.467. The lowest BCUT2D eigenvalue weighted by atomic mass is 9.93. The molecule has 1 rings (SSSR count). The topological polar surface area (TPSA) is 136 Å². The number of nitrogens with two attached hydrogens (primary N) is 1. The maximum Gasteiger partial charge on any atom is 0.322 e. The number of hydrogen-bond donors (Lipinski definition) is 3. The summed E-state index contributed by atoms with van der Waals surface area (Å²) in [7, 11) is -3.42. The van der Waals surface area contributed by atoms with Gasteiger partial charge in [-0.3, -0.25) is 14.3 Å². The van der Waals surface area contributed by atoms with Crippen molar-refractivity contribution in [1.29, 1.82) is 0 Å². The minimum absolute atomic E-state index is 0.303. The number of nitrogens with one attached hydrogen (secondary N) is 1. The molecule has 8 nitrogen and oxygen atoms in total. The van der Waals surface area contributed by atoms with Crippen LogP contribution in [0.15, 0.2) is 24.3 Å². The Labute approximate surface area is 141 Å². The number of carbonyl (C=O) groups is 2. The van der Waals surface area contributed by atoms with E-state index in [0.717, 1.165) is 6.26 Å². The van der Waals surface area contributed by atoms with Gasteiger partial charge >= 0.3 is 11.9 Å². The Hall–Kier alpha value is -2.13. The summed E-state index contributed by atoms with van der Waals surface area (Å²) >= 11 is 0. The van der Waals surface area contributed by atoms with Crippen LogP contribution in [0.2, 0.25) is 0 Å². The van der Waals surface area contributed by atoms with Gasteiger partial charge in [0.05, 0.1) is 12.3 Å². The number of carbonyl (C=O) groups excluding carboxylic acids is 1. The molecule has 0 aliphatic heterocycles. The van der Waals surface area contributed by atoms with Gasteiger partial charge in [-0.25, -0.2) is 8.42 Å². The van der Waals surface area contributed by atoms with Crippen molar-refractivity contribution in [3.05, 3.63) is 29.8 Å². The summed E-state index contributed by atoms with van der Waals surface area (Å²) in [6, 6.07) is 4.65. The van der Waals surface area contributed by atoms with Crippen molar-refractivity contribution < 1.29 is 27.9 Å². The molecule has 0 saturated carbocycles. The SMILES string of the molecule is CC(C)(C)OC(=O)C(C(=O)O)C(N)c1ccc(NS(C)(=O)=O)cc1. The van der Waals surface area contributed by atoms with Gasteiger partial charge in [0, 0.05) is 5.69 Å². The molecule has 24 heavy (non-hydrogen) atoms. The van der Waals surface area contributed by atoms with Gasteiger partial charge in [-0.15, -0.1) is 0 Å². The van der Waals surface area contributed by atoms with Crippen LogP contribution >= 0.6 is 0 Å². The molecule has 1 aromatic rings. The number of rotatable bonds is 6. The smallest absolute Gasteiger partial charge is 0.322 e. The Balaban J connectivity index is 3.01. The molecule has 134 valence electrons. The molecule has 0 aliphatic carbocycles. The molecule has 0 amide bonds. The van der Waals surface area contributed by atoms with Crippen LogP contribution in [0.1, 0.15) is 32.4 Å². The van der Waals surface area contributed by atoms with Crippen LogP contribution in [0.25, 0.3) is 0 Å². The lowest BCUT2D eigenvalue weighted by Crippen LogP contribution is -2.39. The molecule has 0 bridgehead atoms. The van der Waals surface area contributed by atoms with Crippen LogP contribution in [0.3, 0.4) is 0 Å². The maximum atomic E-state index is 12.1. The highest BCUT2D eigenvalue weighted by molar-refractivity contribution is 7.92. The molecule has 0 aliphatic rings. The molecule has 1 aromatic carbocycles. The molecule has 2 unspecified atom stereocenters. The van der Waals surface area contributed by atoms with E-state index in [0.29, 0.717) is 11.3 Å². The summed E-state index contributed by atoms with van der Waals surface area (Å²) in [6.07, 6.45) is 1.01. The third-order valence-electron chi connectivity index (χ3n) is 2.88. The first kappa shape index (κ1) is 19.9. The molecule has 2 atom stereocenters. The lowest BCUT2D eigenvalue weighted by Gasteiger charge is -2.25. The summed E-state index contributed by atoms with van der Waals surface area (Å²) in [4.78, 5) is 23.5. The van der Waals surface area contributed by atoms with Gasteiger partial charge in [-0.05, 0) is 38.5 Å².